The lowest BCUT2D eigenvalue weighted by Crippen LogP contribution is -2.36. The van der Waals surface area contributed by atoms with Gasteiger partial charge in [-0.25, -0.2) is 4.98 Å². The van der Waals surface area contributed by atoms with Crippen LogP contribution in [0.3, 0.4) is 0 Å². The maximum Gasteiger partial charge on any atom is 0.161 e. The lowest BCUT2D eigenvalue weighted by Gasteiger charge is -2.31. The summed E-state index contributed by atoms with van der Waals surface area (Å²) in [6.07, 6.45) is 11.7. The van der Waals surface area contributed by atoms with E-state index in [0.717, 1.165) is 42.5 Å². The van der Waals surface area contributed by atoms with E-state index in [1.807, 2.05) is 36.4 Å². The molecule has 0 spiro atoms. The lowest BCUT2D eigenvalue weighted by atomic mass is 9.79. The van der Waals surface area contributed by atoms with Crippen LogP contribution in [0.15, 0.2) is 67.0 Å². The number of nitrogens with zero attached hydrogens (tertiary/aromatic N) is 2. The summed E-state index contributed by atoms with van der Waals surface area (Å²) in [4.78, 5) is 8.55. The first-order valence-electron chi connectivity index (χ1n) is 16.3. The van der Waals surface area contributed by atoms with E-state index in [0.29, 0.717) is 37.4 Å². The normalized spacial score (nSPS) is 26.5. The largest absolute Gasteiger partial charge is 0.668 e. The Labute approximate surface area is 266 Å². The molecule has 0 bridgehead atoms. The Hall–Kier alpha value is -3.77. The summed E-state index contributed by atoms with van der Waals surface area (Å²) in [5.41, 5.74) is 8.75. The van der Waals surface area contributed by atoms with Crippen molar-refractivity contribution in [1.82, 2.24) is 9.97 Å². The van der Waals surface area contributed by atoms with E-state index < -0.39 is 18.3 Å². The minimum absolute atomic E-state index is 0.0289. The predicted octanol–water partition coefficient (Wildman–Crippen LogP) is 5.08. The first kappa shape index (κ1) is 32.6. The minimum Gasteiger partial charge on any atom is -0.668 e. The Bertz CT molecular complexity index is 1460. The molecule has 2 heterocycles. The van der Waals surface area contributed by atoms with E-state index in [4.69, 9.17) is 10.5 Å². The van der Waals surface area contributed by atoms with Crippen LogP contribution in [0.25, 0.3) is 0 Å². The number of rotatable bonds is 10. The van der Waals surface area contributed by atoms with Crippen molar-refractivity contribution in [1.29, 1.82) is 0 Å². The number of nitrogens with two attached hydrogens (primary N) is 1. The standard InChI is InChI=1S/C37H46N3O5/c1-2-24-6-3-4-8-33(43)37-25(10-9-24)11-12-26(20-34(37)44)27-13-14-32(42)35(21-27)45-31(23-41)19-29(18-30-7-5-16-39-30)28-15-17-40-36(38)22-28/h5,7,11-17,21-22,24-26,29,31,33-34,37,41-44H,2-4,6,8,18-20,23H2,1H3,(H2,38,40)/q-1/t24-,25+,26+,29-,31-,33-,34+,37+/m0/s1. The van der Waals surface area contributed by atoms with Crippen LogP contribution < -0.4 is 15.5 Å². The van der Waals surface area contributed by atoms with Crippen LogP contribution in [0.4, 0.5) is 5.82 Å². The maximum absolute atomic E-state index is 11.4. The molecule has 0 saturated heterocycles. The maximum atomic E-state index is 11.4. The number of hydrogen-bond acceptors (Lipinski definition) is 7. The number of aromatic hydroxyl groups is 1. The molecule has 3 aromatic rings. The van der Waals surface area contributed by atoms with Gasteiger partial charge in [0.1, 0.15) is 11.9 Å². The molecular formula is C37H46N3O5-. The van der Waals surface area contributed by atoms with Crippen LogP contribution in [0.5, 0.6) is 11.5 Å². The highest BCUT2D eigenvalue weighted by atomic mass is 16.5. The van der Waals surface area contributed by atoms with Gasteiger partial charge in [-0.3, -0.25) is 0 Å². The molecule has 8 nitrogen and oxygen atoms in total. The molecule has 2 aromatic heterocycles. The van der Waals surface area contributed by atoms with Gasteiger partial charge in [-0.05, 0) is 79.8 Å². The number of ether oxygens (including phenoxy) is 1. The second-order valence-corrected chi connectivity index (χ2v) is 12.6. The number of anilines is 1. The zero-order valence-electron chi connectivity index (χ0n) is 26.0. The highest BCUT2D eigenvalue weighted by Crippen LogP contribution is 2.39. The molecule has 240 valence electrons. The first-order chi connectivity index (χ1) is 21.8. The van der Waals surface area contributed by atoms with Gasteiger partial charge >= 0.3 is 0 Å². The zero-order valence-corrected chi connectivity index (χ0v) is 26.0. The smallest absolute Gasteiger partial charge is 0.161 e. The number of benzene rings is 1. The van der Waals surface area contributed by atoms with E-state index >= 15 is 0 Å². The molecule has 2 aliphatic carbocycles. The molecule has 5 rings (SSSR count). The summed E-state index contributed by atoms with van der Waals surface area (Å²) < 4.78 is 6.27. The third kappa shape index (κ3) is 8.49. The Morgan fingerprint density at radius 3 is 2.67 bits per heavy atom. The topological polar surface area (TPSA) is 143 Å². The second-order valence-electron chi connectivity index (χ2n) is 12.6. The van der Waals surface area contributed by atoms with E-state index in [1.165, 1.54) is 0 Å². The van der Waals surface area contributed by atoms with Gasteiger partial charge in [0, 0.05) is 29.9 Å². The second kappa shape index (κ2) is 15.5. The number of pyridine rings is 1. The molecule has 0 aliphatic heterocycles. The van der Waals surface area contributed by atoms with Gasteiger partial charge in [-0.2, -0.15) is 11.9 Å². The highest BCUT2D eigenvalue weighted by molar-refractivity contribution is 5.44. The number of aliphatic hydroxyl groups excluding tert-OH is 3. The quantitative estimate of drug-likeness (QED) is 0.158. The zero-order chi connectivity index (χ0) is 31.8. The van der Waals surface area contributed by atoms with Crippen LogP contribution >= 0.6 is 0 Å². The fourth-order valence-electron chi connectivity index (χ4n) is 6.81. The first-order valence-corrected chi connectivity index (χ1v) is 16.3. The molecule has 1 aromatic carbocycles. The van der Waals surface area contributed by atoms with Gasteiger partial charge < -0.3 is 35.9 Å². The number of hydrogen-bond donors (Lipinski definition) is 5. The summed E-state index contributed by atoms with van der Waals surface area (Å²) in [7, 11) is 0. The third-order valence-electron chi connectivity index (χ3n) is 9.40. The van der Waals surface area contributed by atoms with Crippen LogP contribution in [0.1, 0.15) is 80.5 Å². The minimum atomic E-state index is -0.750. The van der Waals surface area contributed by atoms with Crippen LogP contribution in [0, 0.1) is 29.6 Å². The number of nitrogen functional groups attached to an aromatic ring is 1. The number of phenols is 1. The molecule has 45 heavy (non-hydrogen) atoms. The van der Waals surface area contributed by atoms with Crippen molar-refractivity contribution in [3.8, 4) is 23.3 Å². The van der Waals surface area contributed by atoms with E-state index in [2.05, 4.69) is 34.8 Å². The molecule has 0 amide bonds. The van der Waals surface area contributed by atoms with Crippen molar-refractivity contribution in [3.63, 3.8) is 0 Å². The SMILES string of the molecule is CC[C@@H]1C#C[C@@H]2C=C[C@@H](c3ccc(O)c(O[C@H](CO)C[C@H](Cc4ccc[n-]4)c4ccnc(N)c4)c3)C[C@@H](O)[C@H]2[C@@H](O)CCCC1. The van der Waals surface area contributed by atoms with Crippen LogP contribution in [0.2, 0.25) is 0 Å². The van der Waals surface area contributed by atoms with Crippen molar-refractivity contribution < 1.29 is 25.2 Å². The summed E-state index contributed by atoms with van der Waals surface area (Å²) in [5.74, 6) is 7.00. The van der Waals surface area contributed by atoms with Crippen molar-refractivity contribution in [2.75, 3.05) is 12.3 Å². The molecule has 6 N–H and O–H groups in total. The fraction of sp³-hybridized carbons (Fsp3) is 0.486. The number of aromatic nitrogens is 2. The van der Waals surface area contributed by atoms with Gasteiger partial charge in [0.2, 0.25) is 0 Å². The van der Waals surface area contributed by atoms with Crippen LogP contribution in [-0.2, 0) is 6.42 Å². The lowest BCUT2D eigenvalue weighted by molar-refractivity contribution is -0.00706. The van der Waals surface area contributed by atoms with Crippen molar-refractivity contribution in [3.05, 3.63) is 83.8 Å². The molecule has 0 radical (unpaired) electrons. The molecule has 0 unspecified atom stereocenters. The van der Waals surface area contributed by atoms with Gasteiger partial charge in [-0.1, -0.05) is 62.0 Å². The molecule has 0 fully saturated rings. The average Bonchev–Trinajstić information content (AvgIpc) is 3.49. The van der Waals surface area contributed by atoms with Crippen molar-refractivity contribution in [2.24, 2.45) is 17.8 Å². The molecule has 0 saturated carbocycles. The van der Waals surface area contributed by atoms with E-state index in [1.54, 1.807) is 24.5 Å². The molecule has 8 atom stereocenters. The summed E-state index contributed by atoms with van der Waals surface area (Å²) in [5, 5.41) is 43.7. The Balaban J connectivity index is 1.36. The fourth-order valence-corrected chi connectivity index (χ4v) is 6.81. The Morgan fingerprint density at radius 2 is 1.91 bits per heavy atom. The highest BCUT2D eigenvalue weighted by Gasteiger charge is 2.36. The van der Waals surface area contributed by atoms with Gasteiger partial charge in [-0.15, -0.1) is 0 Å². The van der Waals surface area contributed by atoms with Crippen molar-refractivity contribution >= 4 is 5.82 Å². The van der Waals surface area contributed by atoms with Gasteiger partial charge in [0.15, 0.2) is 11.5 Å². The Kier molecular flexibility index (Phi) is 11.2. The summed E-state index contributed by atoms with van der Waals surface area (Å²) in [6, 6.07) is 12.8. The number of phenolic OH excluding ortho intramolecular Hbond substituents is 1. The van der Waals surface area contributed by atoms with E-state index in [-0.39, 0.29) is 41.8 Å². The van der Waals surface area contributed by atoms with Crippen molar-refractivity contribution in [2.45, 2.75) is 88.4 Å². The monoisotopic (exact) mass is 612 g/mol. The average molecular weight is 613 g/mol. The predicted molar refractivity (Wildman–Crippen MR) is 175 cm³/mol. The summed E-state index contributed by atoms with van der Waals surface area (Å²) in [6.45, 7) is 1.91. The number of fused-ring (bicyclic) bond motifs is 1. The number of allylic oxidation sites excluding steroid dienone is 2. The van der Waals surface area contributed by atoms with E-state index in [9.17, 15) is 20.4 Å². The van der Waals surface area contributed by atoms with Crippen LogP contribution in [-0.4, -0.2) is 50.3 Å². The molecule has 2 aliphatic rings. The Morgan fingerprint density at radius 1 is 1.07 bits per heavy atom. The van der Waals surface area contributed by atoms with Gasteiger partial charge in [0.05, 0.1) is 18.8 Å². The summed E-state index contributed by atoms with van der Waals surface area (Å²) >= 11 is 0. The number of aliphatic hydroxyl groups is 3. The molecule has 8 heteroatoms. The third-order valence-corrected chi connectivity index (χ3v) is 9.40. The van der Waals surface area contributed by atoms with Gasteiger partial charge in [0.25, 0.3) is 0 Å². The molecular weight excluding hydrogens is 566 g/mol.